The highest BCUT2D eigenvalue weighted by Crippen LogP contribution is 2.54. The molecule has 0 aliphatic rings. The molecule has 0 radical (unpaired) electrons. The van der Waals surface area contributed by atoms with Crippen LogP contribution in [0.15, 0.2) is 0 Å². The van der Waals surface area contributed by atoms with Gasteiger partial charge in [0.1, 0.15) is 0 Å². The summed E-state index contributed by atoms with van der Waals surface area (Å²) in [6, 6.07) is 0. The van der Waals surface area contributed by atoms with Crippen LogP contribution in [0.5, 0.6) is 0 Å². The van der Waals surface area contributed by atoms with Gasteiger partial charge in [0.15, 0.2) is 0 Å². The number of aliphatic hydroxyl groups is 1. The molecule has 0 atom stereocenters. The third kappa shape index (κ3) is 2.93. The molecule has 13 heteroatoms. The van der Waals surface area contributed by atoms with Crippen molar-refractivity contribution in [1.29, 1.82) is 0 Å². The van der Waals surface area contributed by atoms with Crippen LogP contribution in [0.3, 0.4) is 0 Å². The molecule has 0 saturated heterocycles. The van der Waals surface area contributed by atoms with Gasteiger partial charge in [0, 0.05) is 0 Å². The molecule has 0 aromatic rings. The van der Waals surface area contributed by atoms with Gasteiger partial charge >= 0.3 is 30.4 Å². The van der Waals surface area contributed by atoms with Crippen LogP contribution in [0.25, 0.3) is 0 Å². The van der Waals surface area contributed by atoms with Crippen molar-refractivity contribution >= 4 is 0 Å². The van der Waals surface area contributed by atoms with E-state index in [-0.39, 0.29) is 0 Å². The van der Waals surface area contributed by atoms with Crippen LogP contribution in [0, 0.1) is 0 Å². The van der Waals surface area contributed by atoms with Gasteiger partial charge in [-0.1, -0.05) is 0 Å². The van der Waals surface area contributed by atoms with Crippen LogP contribution in [-0.4, -0.2) is 35.5 Å². The van der Waals surface area contributed by atoms with Crippen molar-refractivity contribution < 1.29 is 58.1 Å². The summed E-state index contributed by atoms with van der Waals surface area (Å²) in [6.07, 6.45) is -20.2. The van der Waals surface area contributed by atoms with E-state index in [1.165, 1.54) is 4.74 Å². The first kappa shape index (κ1) is 17.2. The maximum absolute atomic E-state index is 12.2. The topological polar surface area (TPSA) is 29.5 Å². The van der Waals surface area contributed by atoms with Gasteiger partial charge in [0.2, 0.25) is 0 Å². The smallest absolute Gasteiger partial charge is 0.311 e. The van der Waals surface area contributed by atoms with E-state index in [1.54, 1.807) is 0 Å². The fourth-order valence-corrected chi connectivity index (χ4v) is 0.579. The third-order valence-corrected chi connectivity index (χ3v) is 1.37. The summed E-state index contributed by atoms with van der Waals surface area (Å²) in [6.45, 7) is 0. The molecular weight excluding hydrogens is 301 g/mol. The summed E-state index contributed by atoms with van der Waals surface area (Å²) >= 11 is 0. The highest BCUT2D eigenvalue weighted by molar-refractivity contribution is 4.96. The van der Waals surface area contributed by atoms with E-state index < -0.39 is 30.4 Å². The second-order valence-corrected chi connectivity index (χ2v) is 2.75. The quantitative estimate of drug-likeness (QED) is 0.639. The Bertz CT molecular complexity index is 300. The molecule has 1 N–H and O–H groups in total. The summed E-state index contributed by atoms with van der Waals surface area (Å²) < 4.78 is 131. The van der Waals surface area contributed by atoms with Crippen molar-refractivity contribution in [2.45, 2.75) is 30.4 Å². The van der Waals surface area contributed by atoms with Crippen LogP contribution in [-0.2, 0) is 4.74 Å². The summed E-state index contributed by atoms with van der Waals surface area (Å²) in [5.41, 5.74) is 0. The van der Waals surface area contributed by atoms with Gasteiger partial charge < -0.3 is 5.11 Å². The average molecular weight is 302 g/mol. The normalized spacial score (nSPS) is 16.0. The van der Waals surface area contributed by atoms with E-state index in [2.05, 4.69) is 0 Å². The standard InChI is InChI=1S/C5HF11O2/c6-1(7,3(10,11)12)2(8,9)4(13,14)18-5(15,16)17/h17H. The second kappa shape index (κ2) is 4.08. The van der Waals surface area contributed by atoms with E-state index in [1.807, 2.05) is 0 Å². The van der Waals surface area contributed by atoms with Crippen molar-refractivity contribution in [3.63, 3.8) is 0 Å². The van der Waals surface area contributed by atoms with E-state index in [0.29, 0.717) is 0 Å². The lowest BCUT2D eigenvalue weighted by molar-refractivity contribution is -0.516. The number of halogens is 11. The third-order valence-electron chi connectivity index (χ3n) is 1.37. The molecule has 0 spiro atoms. The molecule has 0 saturated carbocycles. The van der Waals surface area contributed by atoms with E-state index >= 15 is 0 Å². The first-order valence-corrected chi connectivity index (χ1v) is 3.46. The van der Waals surface area contributed by atoms with Crippen LogP contribution >= 0.6 is 0 Å². The second-order valence-electron chi connectivity index (χ2n) is 2.75. The molecule has 0 aliphatic heterocycles. The van der Waals surface area contributed by atoms with Gasteiger partial charge in [0.05, 0.1) is 0 Å². The predicted octanol–water partition coefficient (Wildman–Crippen LogP) is 2.97. The largest absolute Gasteiger partial charge is 0.487 e. The van der Waals surface area contributed by atoms with Gasteiger partial charge in [-0.15, -0.1) is 8.78 Å². The summed E-state index contributed by atoms with van der Waals surface area (Å²) in [5.74, 6) is -14.7. The zero-order chi connectivity index (χ0) is 15.2. The van der Waals surface area contributed by atoms with Crippen molar-refractivity contribution in [2.24, 2.45) is 0 Å². The fourth-order valence-electron chi connectivity index (χ4n) is 0.579. The first-order chi connectivity index (χ1) is 7.46. The minimum absolute atomic E-state index is 1.53. The molecule has 0 aromatic heterocycles. The zero-order valence-corrected chi connectivity index (χ0v) is 7.51. The Morgan fingerprint density at radius 1 is 0.611 bits per heavy atom. The predicted molar refractivity (Wildman–Crippen MR) is 29.1 cm³/mol. The van der Waals surface area contributed by atoms with Crippen molar-refractivity contribution in [3.8, 4) is 0 Å². The van der Waals surface area contributed by atoms with Crippen LogP contribution in [0.1, 0.15) is 0 Å². The lowest BCUT2D eigenvalue weighted by Gasteiger charge is -2.33. The Balaban J connectivity index is 5.50. The molecule has 0 rings (SSSR count). The SMILES string of the molecule is OC(F)(F)OC(F)(F)C(F)(F)C(F)(F)C(F)(F)F. The lowest BCUT2D eigenvalue weighted by atomic mass is 10.1. The molecule has 18 heavy (non-hydrogen) atoms. The molecule has 0 heterocycles. The molecular formula is C5HF11O2. The maximum Gasteiger partial charge on any atom is 0.487 e. The number of rotatable bonds is 4. The monoisotopic (exact) mass is 302 g/mol. The average Bonchev–Trinajstić information content (AvgIpc) is 1.95. The van der Waals surface area contributed by atoms with Gasteiger partial charge in [0.25, 0.3) is 0 Å². The number of ether oxygens (including phenoxy) is 1. The van der Waals surface area contributed by atoms with Gasteiger partial charge in [-0.3, -0.25) is 0 Å². The van der Waals surface area contributed by atoms with Crippen molar-refractivity contribution in [1.82, 2.24) is 0 Å². The molecule has 110 valence electrons. The highest BCUT2D eigenvalue weighted by atomic mass is 19.4. The van der Waals surface area contributed by atoms with E-state index in [0.717, 1.165) is 0 Å². The number of alkyl halides is 11. The van der Waals surface area contributed by atoms with Gasteiger partial charge in [-0.25, -0.2) is 4.74 Å². The Hall–Kier alpha value is -0.850. The van der Waals surface area contributed by atoms with Crippen LogP contribution in [0.4, 0.5) is 48.3 Å². The molecule has 0 aliphatic carbocycles. The molecule has 2 nitrogen and oxygen atoms in total. The maximum atomic E-state index is 12.2. The molecule has 0 aromatic carbocycles. The fraction of sp³-hybridized carbons (Fsp3) is 1.00. The van der Waals surface area contributed by atoms with E-state index in [9.17, 15) is 48.3 Å². The number of hydrogen-bond donors (Lipinski definition) is 1. The molecule has 0 amide bonds. The summed E-state index contributed by atoms with van der Waals surface area (Å²) in [5, 5.41) is 7.29. The first-order valence-electron chi connectivity index (χ1n) is 3.46. The van der Waals surface area contributed by atoms with Crippen LogP contribution < -0.4 is 0 Å². The lowest BCUT2D eigenvalue weighted by Crippen LogP contribution is -2.62. The Morgan fingerprint density at radius 3 is 1.17 bits per heavy atom. The molecule has 0 unspecified atom stereocenters. The summed E-state index contributed by atoms with van der Waals surface area (Å²) in [4.78, 5) is 0. The Morgan fingerprint density at radius 2 is 0.944 bits per heavy atom. The minimum atomic E-state index is -7.37. The Labute approximate surface area is 89.9 Å². The molecule has 0 bridgehead atoms. The number of hydrogen-bond acceptors (Lipinski definition) is 2. The van der Waals surface area contributed by atoms with Crippen molar-refractivity contribution in [2.75, 3.05) is 0 Å². The minimum Gasteiger partial charge on any atom is -0.311 e. The molecule has 0 fully saturated rings. The van der Waals surface area contributed by atoms with Crippen LogP contribution in [0.2, 0.25) is 0 Å². The van der Waals surface area contributed by atoms with E-state index in [4.69, 9.17) is 5.11 Å². The Kier molecular flexibility index (Phi) is 3.89. The van der Waals surface area contributed by atoms with Crippen molar-refractivity contribution in [3.05, 3.63) is 0 Å². The summed E-state index contributed by atoms with van der Waals surface area (Å²) in [7, 11) is 0. The highest BCUT2D eigenvalue weighted by Gasteiger charge is 2.83. The van der Waals surface area contributed by atoms with Gasteiger partial charge in [-0.05, 0) is 0 Å². The van der Waals surface area contributed by atoms with Gasteiger partial charge in [-0.2, -0.15) is 39.5 Å². The zero-order valence-electron chi connectivity index (χ0n) is 7.51.